The van der Waals surface area contributed by atoms with E-state index in [1.54, 1.807) is 18.2 Å². The van der Waals surface area contributed by atoms with Gasteiger partial charge in [0.15, 0.2) is 0 Å². The third kappa shape index (κ3) is 2.70. The van der Waals surface area contributed by atoms with Crippen molar-refractivity contribution in [2.45, 2.75) is 12.8 Å². The molecule has 0 bridgehead atoms. The molecule has 64 valence electrons. The molecule has 1 aliphatic rings. The highest BCUT2D eigenvalue weighted by atomic mass is 19.1. The average molecular weight is 168 g/mol. The lowest BCUT2D eigenvalue weighted by Crippen LogP contribution is -1.97. The Balaban J connectivity index is 2.67. The SMILES string of the molecule is O=C(O)CC1=CC=CC=C(F)C1. The van der Waals surface area contributed by atoms with Crippen LogP contribution in [0.1, 0.15) is 12.8 Å². The van der Waals surface area contributed by atoms with Gasteiger partial charge in [0.2, 0.25) is 0 Å². The molecule has 1 rings (SSSR count). The second kappa shape index (κ2) is 3.85. The fourth-order valence-corrected chi connectivity index (χ4v) is 1.00. The molecule has 0 saturated carbocycles. The summed E-state index contributed by atoms with van der Waals surface area (Å²) in [6, 6.07) is 0. The number of carbonyl (C=O) groups is 1. The van der Waals surface area contributed by atoms with Gasteiger partial charge in [0.1, 0.15) is 5.83 Å². The number of allylic oxidation sites excluding steroid dienone is 5. The Kier molecular flexibility index (Phi) is 2.80. The first-order valence-corrected chi connectivity index (χ1v) is 3.61. The standard InChI is InChI=1S/C9H9FO2/c10-8-4-2-1-3-7(5-8)6-9(11)12/h1-4H,5-6H2,(H,11,12). The maximum Gasteiger partial charge on any atom is 0.307 e. The number of aliphatic carboxylic acids is 1. The van der Waals surface area contributed by atoms with Gasteiger partial charge in [-0.15, -0.1) is 0 Å². The summed E-state index contributed by atoms with van der Waals surface area (Å²) in [6.07, 6.45) is 6.20. The van der Waals surface area contributed by atoms with Crippen molar-refractivity contribution in [2.75, 3.05) is 0 Å². The molecule has 0 unspecified atom stereocenters. The van der Waals surface area contributed by atoms with Gasteiger partial charge in [0, 0.05) is 6.42 Å². The topological polar surface area (TPSA) is 37.3 Å². The fraction of sp³-hybridized carbons (Fsp3) is 0.222. The molecule has 0 spiro atoms. The van der Waals surface area contributed by atoms with Gasteiger partial charge in [0.05, 0.1) is 6.42 Å². The molecular formula is C9H9FO2. The number of carboxylic acids is 1. The van der Waals surface area contributed by atoms with Gasteiger partial charge in [-0.05, 0) is 6.08 Å². The summed E-state index contributed by atoms with van der Waals surface area (Å²) in [4.78, 5) is 10.3. The molecule has 1 N–H and O–H groups in total. The molecule has 1 aliphatic carbocycles. The molecule has 0 aromatic heterocycles. The quantitative estimate of drug-likeness (QED) is 0.686. The highest BCUT2D eigenvalue weighted by molar-refractivity contribution is 5.70. The second-order valence-electron chi connectivity index (χ2n) is 2.57. The minimum Gasteiger partial charge on any atom is -0.481 e. The lowest BCUT2D eigenvalue weighted by atomic mass is 10.1. The molecule has 0 aromatic carbocycles. The van der Waals surface area contributed by atoms with Crippen LogP contribution in [-0.4, -0.2) is 11.1 Å². The van der Waals surface area contributed by atoms with E-state index in [0.717, 1.165) is 0 Å². The summed E-state index contributed by atoms with van der Waals surface area (Å²) >= 11 is 0. The summed E-state index contributed by atoms with van der Waals surface area (Å²) < 4.78 is 12.7. The van der Waals surface area contributed by atoms with Gasteiger partial charge < -0.3 is 5.11 Å². The van der Waals surface area contributed by atoms with Crippen molar-refractivity contribution in [3.63, 3.8) is 0 Å². The predicted molar refractivity (Wildman–Crippen MR) is 43.3 cm³/mol. The van der Waals surface area contributed by atoms with E-state index in [4.69, 9.17) is 5.11 Å². The lowest BCUT2D eigenvalue weighted by Gasteiger charge is -1.99. The first kappa shape index (κ1) is 8.71. The van der Waals surface area contributed by atoms with Gasteiger partial charge in [-0.25, -0.2) is 4.39 Å². The average Bonchev–Trinajstić information content (AvgIpc) is 2.12. The third-order valence-corrected chi connectivity index (χ3v) is 1.49. The van der Waals surface area contributed by atoms with Crippen LogP contribution < -0.4 is 0 Å². The number of halogens is 1. The Labute approximate surface area is 69.7 Å². The minimum absolute atomic E-state index is 0.0917. The Hall–Kier alpha value is -1.38. The zero-order valence-electron chi connectivity index (χ0n) is 6.46. The summed E-state index contributed by atoms with van der Waals surface area (Å²) in [7, 11) is 0. The fourth-order valence-electron chi connectivity index (χ4n) is 1.00. The van der Waals surface area contributed by atoms with E-state index >= 15 is 0 Å². The Morgan fingerprint density at radius 2 is 2.17 bits per heavy atom. The monoisotopic (exact) mass is 168 g/mol. The van der Waals surface area contributed by atoms with E-state index in [1.165, 1.54) is 6.08 Å². The minimum atomic E-state index is -0.927. The highest BCUT2D eigenvalue weighted by Gasteiger charge is 2.06. The van der Waals surface area contributed by atoms with Crippen LogP contribution in [0.15, 0.2) is 35.7 Å². The molecule has 0 aromatic rings. The van der Waals surface area contributed by atoms with Crippen LogP contribution in [0.4, 0.5) is 4.39 Å². The zero-order valence-corrected chi connectivity index (χ0v) is 6.46. The highest BCUT2D eigenvalue weighted by Crippen LogP contribution is 2.18. The van der Waals surface area contributed by atoms with Crippen LogP contribution >= 0.6 is 0 Å². The van der Waals surface area contributed by atoms with E-state index in [1.807, 2.05) is 0 Å². The molecule has 2 nitrogen and oxygen atoms in total. The van der Waals surface area contributed by atoms with Crippen LogP contribution in [0.25, 0.3) is 0 Å². The van der Waals surface area contributed by atoms with Gasteiger partial charge in [0.25, 0.3) is 0 Å². The molecule has 3 heteroatoms. The van der Waals surface area contributed by atoms with Gasteiger partial charge in [-0.1, -0.05) is 23.8 Å². The van der Waals surface area contributed by atoms with Gasteiger partial charge in [-0.3, -0.25) is 4.79 Å². The van der Waals surface area contributed by atoms with Crippen molar-refractivity contribution in [2.24, 2.45) is 0 Å². The predicted octanol–water partition coefficient (Wildman–Crippen LogP) is 2.20. The van der Waals surface area contributed by atoms with Crippen molar-refractivity contribution >= 4 is 5.97 Å². The van der Waals surface area contributed by atoms with E-state index in [-0.39, 0.29) is 18.7 Å². The van der Waals surface area contributed by atoms with Gasteiger partial charge >= 0.3 is 5.97 Å². The van der Waals surface area contributed by atoms with E-state index < -0.39 is 5.97 Å². The molecule has 12 heavy (non-hydrogen) atoms. The lowest BCUT2D eigenvalue weighted by molar-refractivity contribution is -0.136. The van der Waals surface area contributed by atoms with Crippen molar-refractivity contribution in [3.8, 4) is 0 Å². The molecule has 0 fully saturated rings. The van der Waals surface area contributed by atoms with Crippen LogP contribution in [0, 0.1) is 0 Å². The number of rotatable bonds is 2. The molecule has 0 amide bonds. The van der Waals surface area contributed by atoms with Crippen molar-refractivity contribution < 1.29 is 14.3 Å². The maximum absolute atomic E-state index is 12.7. The number of carboxylic acid groups (broad SMARTS) is 1. The van der Waals surface area contributed by atoms with Crippen molar-refractivity contribution in [1.29, 1.82) is 0 Å². The van der Waals surface area contributed by atoms with Crippen LogP contribution in [0.5, 0.6) is 0 Å². The Morgan fingerprint density at radius 3 is 2.83 bits per heavy atom. The molecule has 0 atom stereocenters. The summed E-state index contributed by atoms with van der Waals surface area (Å²) in [5, 5.41) is 8.44. The molecular weight excluding hydrogens is 159 g/mol. The largest absolute Gasteiger partial charge is 0.481 e. The Bertz CT molecular complexity index is 274. The first-order valence-electron chi connectivity index (χ1n) is 3.61. The molecule has 0 radical (unpaired) electrons. The van der Waals surface area contributed by atoms with E-state index in [0.29, 0.717) is 5.57 Å². The van der Waals surface area contributed by atoms with Crippen molar-refractivity contribution in [1.82, 2.24) is 0 Å². The van der Waals surface area contributed by atoms with Crippen LogP contribution in [0.2, 0.25) is 0 Å². The first-order chi connectivity index (χ1) is 5.68. The summed E-state index contributed by atoms with van der Waals surface area (Å²) in [6.45, 7) is 0. The second-order valence-corrected chi connectivity index (χ2v) is 2.57. The van der Waals surface area contributed by atoms with E-state index in [2.05, 4.69) is 0 Å². The Morgan fingerprint density at radius 1 is 1.50 bits per heavy atom. The molecule has 0 aliphatic heterocycles. The molecule has 0 saturated heterocycles. The zero-order chi connectivity index (χ0) is 8.97. The number of hydrogen-bond acceptors (Lipinski definition) is 1. The van der Waals surface area contributed by atoms with Crippen molar-refractivity contribution in [3.05, 3.63) is 35.7 Å². The van der Waals surface area contributed by atoms with Gasteiger partial charge in [-0.2, -0.15) is 0 Å². The van der Waals surface area contributed by atoms with Crippen LogP contribution in [-0.2, 0) is 4.79 Å². The summed E-state index contributed by atoms with van der Waals surface area (Å²) in [5.74, 6) is -1.22. The number of hydrogen-bond donors (Lipinski definition) is 1. The normalized spacial score (nSPS) is 16.4. The third-order valence-electron chi connectivity index (χ3n) is 1.49. The summed E-state index contributed by atoms with van der Waals surface area (Å²) in [5.41, 5.74) is 0.588. The molecule has 0 heterocycles. The maximum atomic E-state index is 12.7. The smallest absolute Gasteiger partial charge is 0.307 e. The van der Waals surface area contributed by atoms with Crippen LogP contribution in [0.3, 0.4) is 0 Å². The van der Waals surface area contributed by atoms with E-state index in [9.17, 15) is 9.18 Å².